The van der Waals surface area contributed by atoms with E-state index in [2.05, 4.69) is 5.32 Å². The van der Waals surface area contributed by atoms with Crippen molar-refractivity contribution < 1.29 is 31.2 Å². The lowest BCUT2D eigenvalue weighted by Crippen LogP contribution is -2.55. The Labute approximate surface area is 296 Å². The molecule has 1 aliphatic rings. The van der Waals surface area contributed by atoms with Crippen LogP contribution in [-0.4, -0.2) is 43.8 Å². The van der Waals surface area contributed by atoms with Gasteiger partial charge in [0, 0.05) is 24.0 Å². The van der Waals surface area contributed by atoms with E-state index >= 15 is 0 Å². The van der Waals surface area contributed by atoms with Gasteiger partial charge >= 0.3 is 6.18 Å². The maximum Gasteiger partial charge on any atom is 0.416 e. The van der Waals surface area contributed by atoms with Crippen LogP contribution < -0.4 is 9.62 Å². The number of alkyl halides is 3. The van der Waals surface area contributed by atoms with Crippen LogP contribution >= 0.6 is 11.6 Å². The fourth-order valence-corrected chi connectivity index (χ4v) is 7.71. The molecule has 1 unspecified atom stereocenters. The van der Waals surface area contributed by atoms with Gasteiger partial charge in [0.25, 0.3) is 10.0 Å². The van der Waals surface area contributed by atoms with E-state index in [4.69, 9.17) is 11.6 Å². The average molecular weight is 726 g/mol. The number of hydrogen-bond donors (Lipinski definition) is 1. The Balaban J connectivity index is 1.60. The highest BCUT2D eigenvalue weighted by molar-refractivity contribution is 7.92. The summed E-state index contributed by atoms with van der Waals surface area (Å²) in [5.74, 6) is -1.20. The number of carbonyl (C=O) groups is 2. The Morgan fingerprint density at radius 2 is 1.54 bits per heavy atom. The summed E-state index contributed by atoms with van der Waals surface area (Å²) in [7, 11) is -4.58. The molecule has 1 aliphatic carbocycles. The molecule has 0 spiro atoms. The lowest BCUT2D eigenvalue weighted by molar-refractivity contribution is -0.140. The van der Waals surface area contributed by atoms with Crippen LogP contribution in [0.1, 0.15) is 54.4 Å². The summed E-state index contributed by atoms with van der Waals surface area (Å²) in [5.41, 5.74) is 0.614. The number of nitrogens with zero attached hydrogens (tertiary/aromatic N) is 2. The maximum atomic E-state index is 14.7. The van der Waals surface area contributed by atoms with Crippen molar-refractivity contribution in [1.82, 2.24) is 10.2 Å². The van der Waals surface area contributed by atoms with Crippen LogP contribution in [0.25, 0.3) is 0 Å². The van der Waals surface area contributed by atoms with Crippen molar-refractivity contribution in [2.75, 3.05) is 10.8 Å². The summed E-state index contributed by atoms with van der Waals surface area (Å²) in [6.45, 7) is 0.724. The first kappa shape index (κ1) is 36.9. The molecule has 7 nitrogen and oxygen atoms in total. The van der Waals surface area contributed by atoms with Crippen LogP contribution in [0.3, 0.4) is 0 Å². The van der Waals surface area contributed by atoms with Crippen molar-refractivity contribution in [3.63, 3.8) is 0 Å². The molecule has 1 atom stereocenters. The molecule has 0 aliphatic heterocycles. The first-order valence-corrected chi connectivity index (χ1v) is 18.3. The molecular weight excluding hydrogens is 687 g/mol. The second kappa shape index (κ2) is 16.1. The van der Waals surface area contributed by atoms with Gasteiger partial charge in [-0.2, -0.15) is 13.2 Å². The molecule has 50 heavy (non-hydrogen) atoms. The van der Waals surface area contributed by atoms with Crippen molar-refractivity contribution in [1.29, 1.82) is 0 Å². The number of amides is 2. The molecule has 5 rings (SSSR count). The molecule has 12 heteroatoms. The monoisotopic (exact) mass is 725 g/mol. The van der Waals surface area contributed by atoms with Crippen LogP contribution in [-0.2, 0) is 38.8 Å². The zero-order valence-corrected chi connectivity index (χ0v) is 29.1. The van der Waals surface area contributed by atoms with Crippen LogP contribution in [0, 0.1) is 6.92 Å². The van der Waals surface area contributed by atoms with E-state index in [0.29, 0.717) is 21.0 Å². The lowest BCUT2D eigenvalue weighted by atomic mass is 9.94. The predicted octanol–water partition coefficient (Wildman–Crippen LogP) is 7.95. The second-order valence-electron chi connectivity index (χ2n) is 12.5. The minimum atomic E-state index is -4.77. The number of benzene rings is 4. The molecule has 1 saturated carbocycles. The molecule has 0 bridgehead atoms. The predicted molar refractivity (Wildman–Crippen MR) is 188 cm³/mol. The van der Waals surface area contributed by atoms with E-state index in [-0.39, 0.29) is 29.6 Å². The number of aryl methyl sites for hydroxylation is 1. The number of carbonyl (C=O) groups excluding carboxylic acids is 2. The molecule has 0 saturated heterocycles. The van der Waals surface area contributed by atoms with Gasteiger partial charge in [0.2, 0.25) is 11.8 Å². The molecule has 0 radical (unpaired) electrons. The smallest absolute Gasteiger partial charge is 0.352 e. The second-order valence-corrected chi connectivity index (χ2v) is 14.8. The van der Waals surface area contributed by atoms with Gasteiger partial charge in [-0.15, -0.1) is 0 Å². The molecule has 4 aromatic carbocycles. The fourth-order valence-electron chi connectivity index (χ4n) is 6.11. The molecule has 0 aromatic heterocycles. The minimum absolute atomic E-state index is 0.0877. The van der Waals surface area contributed by atoms with Gasteiger partial charge in [0.1, 0.15) is 12.6 Å². The number of rotatable bonds is 12. The zero-order valence-electron chi connectivity index (χ0n) is 27.6. The number of anilines is 1. The Bertz CT molecular complexity index is 1880. The van der Waals surface area contributed by atoms with Gasteiger partial charge in [-0.25, -0.2) is 8.42 Å². The highest BCUT2D eigenvalue weighted by Crippen LogP contribution is 2.34. The van der Waals surface area contributed by atoms with Gasteiger partial charge in [0.15, 0.2) is 0 Å². The van der Waals surface area contributed by atoms with Gasteiger partial charge in [-0.3, -0.25) is 13.9 Å². The largest absolute Gasteiger partial charge is 0.416 e. The number of hydrogen-bond acceptors (Lipinski definition) is 4. The molecule has 1 fully saturated rings. The van der Waals surface area contributed by atoms with E-state index < -0.39 is 46.2 Å². The van der Waals surface area contributed by atoms with Crippen molar-refractivity contribution in [3.05, 3.63) is 130 Å². The van der Waals surface area contributed by atoms with E-state index in [1.165, 1.54) is 23.1 Å². The summed E-state index contributed by atoms with van der Waals surface area (Å²) < 4.78 is 70.7. The summed E-state index contributed by atoms with van der Waals surface area (Å²) in [6.07, 6.45) is -0.103. The van der Waals surface area contributed by atoms with Crippen molar-refractivity contribution in [2.24, 2.45) is 0 Å². The third-order valence-electron chi connectivity index (χ3n) is 8.87. The van der Waals surface area contributed by atoms with Gasteiger partial charge in [-0.1, -0.05) is 103 Å². The summed E-state index contributed by atoms with van der Waals surface area (Å²) in [4.78, 5) is 29.9. The number of halogens is 4. The summed E-state index contributed by atoms with van der Waals surface area (Å²) in [6, 6.07) is 24.4. The third kappa shape index (κ3) is 9.25. The lowest BCUT2D eigenvalue weighted by Gasteiger charge is -2.35. The summed E-state index contributed by atoms with van der Waals surface area (Å²) >= 11 is 6.55. The molecule has 4 aromatic rings. The number of sulfonamides is 1. The SMILES string of the molecule is Cc1ccc(S(=O)(=O)N(CC(=O)N(Cc2ccccc2Cl)C(Cc2ccccc2)C(=O)NC2CCCCC2)c2cccc(C(F)(F)F)c2)cc1. The topological polar surface area (TPSA) is 86.8 Å². The van der Waals surface area contributed by atoms with E-state index in [1.54, 1.807) is 43.3 Å². The average Bonchev–Trinajstić information content (AvgIpc) is 3.10. The first-order chi connectivity index (χ1) is 23.8. The van der Waals surface area contributed by atoms with Crippen LogP contribution in [0.5, 0.6) is 0 Å². The fraction of sp³-hybridized carbons (Fsp3) is 0.316. The Morgan fingerprint density at radius 3 is 2.20 bits per heavy atom. The molecular formula is C38H39ClF3N3O4S. The van der Waals surface area contributed by atoms with Gasteiger partial charge in [-0.05, 0) is 67.3 Å². The van der Waals surface area contributed by atoms with Gasteiger partial charge in [0.05, 0.1) is 16.1 Å². The summed E-state index contributed by atoms with van der Waals surface area (Å²) in [5, 5.41) is 3.45. The molecule has 1 N–H and O–H groups in total. The van der Waals surface area contributed by atoms with Crippen molar-refractivity contribution >= 4 is 39.1 Å². The minimum Gasteiger partial charge on any atom is -0.352 e. The van der Waals surface area contributed by atoms with E-state index in [0.717, 1.165) is 55.4 Å². The van der Waals surface area contributed by atoms with Gasteiger partial charge < -0.3 is 10.2 Å². The van der Waals surface area contributed by atoms with Crippen LogP contribution in [0.4, 0.5) is 18.9 Å². The Morgan fingerprint density at radius 1 is 0.880 bits per heavy atom. The normalized spacial score (nSPS) is 14.5. The van der Waals surface area contributed by atoms with Crippen molar-refractivity contribution in [3.8, 4) is 0 Å². The van der Waals surface area contributed by atoms with E-state index in [9.17, 15) is 31.2 Å². The van der Waals surface area contributed by atoms with E-state index in [1.807, 2.05) is 30.3 Å². The van der Waals surface area contributed by atoms with Crippen molar-refractivity contribution in [2.45, 2.75) is 75.1 Å². The maximum absolute atomic E-state index is 14.7. The highest BCUT2D eigenvalue weighted by Gasteiger charge is 2.37. The van der Waals surface area contributed by atoms with Crippen LogP contribution in [0.15, 0.2) is 108 Å². The quantitative estimate of drug-likeness (QED) is 0.161. The Kier molecular flexibility index (Phi) is 11.9. The Hall–Kier alpha value is -4.35. The third-order valence-corrected chi connectivity index (χ3v) is 11.0. The molecule has 2 amide bonds. The zero-order chi connectivity index (χ0) is 35.9. The molecule has 0 heterocycles. The first-order valence-electron chi connectivity index (χ1n) is 16.5. The highest BCUT2D eigenvalue weighted by atomic mass is 35.5. The molecule has 264 valence electrons. The van der Waals surface area contributed by atoms with Crippen LogP contribution in [0.2, 0.25) is 5.02 Å². The number of nitrogens with one attached hydrogen (secondary N) is 1. The standard InChI is InChI=1S/C38H39ClF3N3O4S/c1-27-19-21-33(22-20-27)50(48,49)45(32-17-10-14-30(24-32)38(40,41)42)26-36(46)44(25-29-13-8-9-18-34(29)39)35(23-28-11-4-2-5-12-28)37(47)43-31-15-6-3-7-16-31/h2,4-5,8-14,17-22,24,31,35H,3,6-7,15-16,23,25-26H2,1H3,(H,43,47).